The fourth-order valence-electron chi connectivity index (χ4n) is 1.89. The molecule has 0 atom stereocenters. The average molecular weight is 345 g/mol. The Bertz CT molecular complexity index is 777. The molecule has 1 aromatic carbocycles. The second kappa shape index (κ2) is 6.46. The first-order valence-corrected chi connectivity index (χ1v) is 6.49. The maximum Gasteiger partial charge on any atom is 0.433 e. The van der Waals surface area contributed by atoms with Crippen molar-refractivity contribution in [3.05, 3.63) is 64.5 Å². The van der Waals surface area contributed by atoms with E-state index in [2.05, 4.69) is 4.98 Å². The van der Waals surface area contributed by atoms with Gasteiger partial charge in [-0.25, -0.2) is 4.98 Å². The Hall–Kier alpha value is -2.64. The number of rotatable bonds is 3. The highest BCUT2D eigenvalue weighted by Crippen LogP contribution is 2.31. The zero-order valence-electron chi connectivity index (χ0n) is 11.8. The maximum absolute atomic E-state index is 12.8. The van der Waals surface area contributed by atoms with Crippen LogP contribution in [0, 0.1) is 0 Å². The van der Waals surface area contributed by atoms with Gasteiger partial charge in [-0.05, 0) is 42.0 Å². The van der Waals surface area contributed by atoms with Crippen molar-refractivity contribution in [1.82, 2.24) is 4.98 Å². The van der Waals surface area contributed by atoms with Crippen molar-refractivity contribution in [3.8, 4) is 0 Å². The third-order valence-corrected chi connectivity index (χ3v) is 2.95. The van der Waals surface area contributed by atoms with Crippen molar-refractivity contribution in [2.24, 2.45) is 0 Å². The largest absolute Gasteiger partial charge is 0.433 e. The van der Waals surface area contributed by atoms with Crippen LogP contribution in [0.3, 0.4) is 0 Å². The second-order valence-electron chi connectivity index (χ2n) is 4.78. The highest BCUT2D eigenvalue weighted by atomic mass is 19.4. The summed E-state index contributed by atoms with van der Waals surface area (Å²) in [5.74, 6) is 0. The Balaban J connectivity index is 2.37. The molecule has 0 radical (unpaired) electrons. The fraction of sp³-hybridized carbons (Fsp3) is 0.125. The summed E-state index contributed by atoms with van der Waals surface area (Å²) in [6.07, 6.45) is -6.71. The zero-order chi connectivity index (χ0) is 18.0. The SMILES string of the molecule is O=Cc1cc(C=Cc2cccc(C(F)(F)F)n2)cc(C(F)(F)F)c1. The fourth-order valence-corrected chi connectivity index (χ4v) is 1.89. The normalized spacial score (nSPS) is 12.6. The summed E-state index contributed by atoms with van der Waals surface area (Å²) in [7, 11) is 0. The van der Waals surface area contributed by atoms with Crippen LogP contribution < -0.4 is 0 Å². The summed E-state index contributed by atoms with van der Waals surface area (Å²) in [6, 6.07) is 5.86. The topological polar surface area (TPSA) is 30.0 Å². The van der Waals surface area contributed by atoms with E-state index in [9.17, 15) is 31.1 Å². The van der Waals surface area contributed by atoms with Gasteiger partial charge >= 0.3 is 12.4 Å². The van der Waals surface area contributed by atoms with Crippen LogP contribution in [0.1, 0.15) is 32.9 Å². The summed E-state index contributed by atoms with van der Waals surface area (Å²) in [4.78, 5) is 14.1. The summed E-state index contributed by atoms with van der Waals surface area (Å²) in [5.41, 5.74) is -2.38. The van der Waals surface area contributed by atoms with Crippen molar-refractivity contribution in [1.29, 1.82) is 0 Å². The number of benzene rings is 1. The lowest BCUT2D eigenvalue weighted by molar-refractivity contribution is -0.141. The Morgan fingerprint density at radius 1 is 0.833 bits per heavy atom. The van der Waals surface area contributed by atoms with Gasteiger partial charge in [0, 0.05) is 5.56 Å². The third kappa shape index (κ3) is 4.43. The van der Waals surface area contributed by atoms with E-state index in [1.165, 1.54) is 12.1 Å². The standard InChI is InChI=1S/C16H9F6NO/c17-15(18,19)12-7-10(6-11(8-12)9-24)4-5-13-2-1-3-14(23-13)16(20,21)22/h1-9H. The molecule has 126 valence electrons. The van der Waals surface area contributed by atoms with Crippen molar-refractivity contribution in [2.45, 2.75) is 12.4 Å². The summed E-state index contributed by atoms with van der Waals surface area (Å²) in [6.45, 7) is 0. The maximum atomic E-state index is 12.8. The summed E-state index contributed by atoms with van der Waals surface area (Å²) in [5, 5.41) is 0. The van der Waals surface area contributed by atoms with E-state index < -0.39 is 23.6 Å². The van der Waals surface area contributed by atoms with Crippen LogP contribution in [0.15, 0.2) is 36.4 Å². The van der Waals surface area contributed by atoms with Gasteiger partial charge < -0.3 is 0 Å². The number of hydrogen-bond donors (Lipinski definition) is 0. The van der Waals surface area contributed by atoms with Gasteiger partial charge in [0.15, 0.2) is 0 Å². The molecule has 0 saturated heterocycles. The average Bonchev–Trinajstić information content (AvgIpc) is 2.51. The molecule has 2 aromatic rings. The second-order valence-corrected chi connectivity index (χ2v) is 4.78. The molecule has 0 aliphatic rings. The lowest BCUT2D eigenvalue weighted by Gasteiger charge is -2.08. The molecule has 2 nitrogen and oxygen atoms in total. The predicted octanol–water partition coefficient (Wildman–Crippen LogP) is 5.10. The van der Waals surface area contributed by atoms with Crippen LogP contribution in [-0.4, -0.2) is 11.3 Å². The molecule has 8 heteroatoms. The van der Waals surface area contributed by atoms with Gasteiger partial charge in [-0.1, -0.05) is 12.1 Å². The van der Waals surface area contributed by atoms with Crippen molar-refractivity contribution >= 4 is 18.4 Å². The van der Waals surface area contributed by atoms with Crippen LogP contribution in [0.25, 0.3) is 12.2 Å². The number of carbonyl (C=O) groups excluding carboxylic acids is 1. The summed E-state index contributed by atoms with van der Waals surface area (Å²) >= 11 is 0. The van der Waals surface area contributed by atoms with Gasteiger partial charge in [-0.3, -0.25) is 4.79 Å². The minimum absolute atomic E-state index is 0.0196. The van der Waals surface area contributed by atoms with Gasteiger partial charge in [0.05, 0.1) is 11.3 Å². The first-order valence-electron chi connectivity index (χ1n) is 6.49. The molecule has 1 heterocycles. The Morgan fingerprint density at radius 3 is 2.08 bits per heavy atom. The third-order valence-electron chi connectivity index (χ3n) is 2.95. The first kappa shape index (κ1) is 17.7. The van der Waals surface area contributed by atoms with Crippen LogP contribution in [0.4, 0.5) is 26.3 Å². The zero-order valence-corrected chi connectivity index (χ0v) is 11.8. The molecule has 0 aliphatic carbocycles. The van der Waals surface area contributed by atoms with Crippen LogP contribution >= 0.6 is 0 Å². The van der Waals surface area contributed by atoms with E-state index in [0.29, 0.717) is 6.07 Å². The quantitative estimate of drug-likeness (QED) is 0.572. The van der Waals surface area contributed by atoms with E-state index in [-0.39, 0.29) is 23.1 Å². The van der Waals surface area contributed by atoms with E-state index in [1.54, 1.807) is 0 Å². The number of pyridine rings is 1. The van der Waals surface area contributed by atoms with E-state index in [4.69, 9.17) is 0 Å². The highest BCUT2D eigenvalue weighted by Gasteiger charge is 2.32. The molecule has 0 unspecified atom stereocenters. The predicted molar refractivity (Wildman–Crippen MR) is 75.0 cm³/mol. The van der Waals surface area contributed by atoms with Crippen molar-refractivity contribution in [2.75, 3.05) is 0 Å². The Labute approximate surface area is 132 Å². The van der Waals surface area contributed by atoms with E-state index >= 15 is 0 Å². The van der Waals surface area contributed by atoms with Gasteiger partial charge in [-0.15, -0.1) is 0 Å². The van der Waals surface area contributed by atoms with Crippen LogP contribution in [0.5, 0.6) is 0 Å². The van der Waals surface area contributed by atoms with Gasteiger partial charge in [0.2, 0.25) is 0 Å². The number of aldehydes is 1. The summed E-state index contributed by atoms with van der Waals surface area (Å²) < 4.78 is 76.0. The molecule has 0 N–H and O–H groups in total. The Morgan fingerprint density at radius 2 is 1.50 bits per heavy atom. The van der Waals surface area contributed by atoms with E-state index in [1.807, 2.05) is 0 Å². The minimum Gasteiger partial charge on any atom is -0.298 e. The molecule has 2 rings (SSSR count). The lowest BCUT2D eigenvalue weighted by Crippen LogP contribution is -2.08. The number of hydrogen-bond acceptors (Lipinski definition) is 2. The van der Waals surface area contributed by atoms with Crippen LogP contribution in [0.2, 0.25) is 0 Å². The van der Waals surface area contributed by atoms with Crippen molar-refractivity contribution < 1.29 is 31.1 Å². The molecule has 0 saturated carbocycles. The molecule has 0 fully saturated rings. The number of halogens is 6. The molecular formula is C16H9F6NO. The van der Waals surface area contributed by atoms with E-state index in [0.717, 1.165) is 30.4 Å². The van der Waals surface area contributed by atoms with Gasteiger partial charge in [0.25, 0.3) is 0 Å². The Kier molecular flexibility index (Phi) is 4.77. The minimum atomic E-state index is -4.64. The lowest BCUT2D eigenvalue weighted by atomic mass is 10.1. The van der Waals surface area contributed by atoms with Crippen molar-refractivity contribution in [3.63, 3.8) is 0 Å². The van der Waals surface area contributed by atoms with Crippen LogP contribution in [-0.2, 0) is 12.4 Å². The number of nitrogens with zero attached hydrogens (tertiary/aromatic N) is 1. The molecule has 0 bridgehead atoms. The molecule has 0 spiro atoms. The monoisotopic (exact) mass is 345 g/mol. The number of aromatic nitrogens is 1. The molecular weight excluding hydrogens is 336 g/mol. The smallest absolute Gasteiger partial charge is 0.298 e. The van der Waals surface area contributed by atoms with Gasteiger partial charge in [-0.2, -0.15) is 26.3 Å². The van der Waals surface area contributed by atoms with Gasteiger partial charge in [0.1, 0.15) is 12.0 Å². The number of carbonyl (C=O) groups is 1. The molecule has 0 aliphatic heterocycles. The highest BCUT2D eigenvalue weighted by molar-refractivity contribution is 5.78. The number of alkyl halides is 6. The molecule has 1 aromatic heterocycles. The first-order chi connectivity index (χ1) is 11.1. The molecule has 24 heavy (non-hydrogen) atoms. The molecule has 0 amide bonds.